The van der Waals surface area contributed by atoms with Crippen molar-refractivity contribution in [3.05, 3.63) is 64.9 Å². The molecule has 1 aromatic heterocycles. The molecule has 4 N–H and O–H groups in total. The van der Waals surface area contributed by atoms with Crippen LogP contribution >= 0.6 is 11.6 Å². The molecule has 0 aliphatic rings. The van der Waals surface area contributed by atoms with E-state index in [0.29, 0.717) is 27.9 Å². The molecule has 6 nitrogen and oxygen atoms in total. The third-order valence-electron chi connectivity index (χ3n) is 3.89. The second kappa shape index (κ2) is 7.41. The molecule has 0 unspecified atom stereocenters. The lowest BCUT2D eigenvalue weighted by Crippen LogP contribution is -2.06. The Morgan fingerprint density at radius 2 is 1.69 bits per heavy atom. The molecule has 0 saturated heterocycles. The van der Waals surface area contributed by atoms with Gasteiger partial charge in [-0.15, -0.1) is 0 Å². The van der Waals surface area contributed by atoms with Crippen LogP contribution < -0.4 is 16.4 Å². The molecule has 0 spiro atoms. The molecular weight excluding hydrogens is 350 g/mol. The molecule has 2 aromatic carbocycles. The average molecular weight is 368 g/mol. The van der Waals surface area contributed by atoms with E-state index in [9.17, 15) is 4.79 Å². The van der Waals surface area contributed by atoms with Crippen LogP contribution in [0.3, 0.4) is 0 Å². The van der Waals surface area contributed by atoms with Gasteiger partial charge in [-0.3, -0.25) is 4.79 Å². The van der Waals surface area contributed by atoms with Crippen molar-refractivity contribution in [3.8, 4) is 0 Å². The van der Waals surface area contributed by atoms with Gasteiger partial charge < -0.3 is 16.4 Å². The highest BCUT2D eigenvalue weighted by atomic mass is 35.5. The summed E-state index contributed by atoms with van der Waals surface area (Å²) in [7, 11) is 0. The van der Waals surface area contributed by atoms with Gasteiger partial charge in [0.25, 0.3) is 0 Å². The minimum atomic E-state index is 0.0153. The summed E-state index contributed by atoms with van der Waals surface area (Å²) in [6.45, 7) is 3.49. The lowest BCUT2D eigenvalue weighted by atomic mass is 10.1. The van der Waals surface area contributed by atoms with Gasteiger partial charge >= 0.3 is 0 Å². The standard InChI is InChI=1S/C19H18ClN5O/c1-11-3-6-14(20)9-16(11)25-19-17(21)18(22-10-23-19)24-15-7-4-13(5-8-15)12(2)26/h3-10H,21H2,1-2H3,(H2,22,23,24,25). The smallest absolute Gasteiger partial charge is 0.159 e. The zero-order valence-electron chi connectivity index (χ0n) is 14.4. The van der Waals surface area contributed by atoms with Gasteiger partial charge in [0.15, 0.2) is 17.4 Å². The van der Waals surface area contributed by atoms with Crippen molar-refractivity contribution >= 4 is 46.1 Å². The number of nitrogens with two attached hydrogens (primary N) is 1. The fourth-order valence-corrected chi connectivity index (χ4v) is 2.55. The maximum absolute atomic E-state index is 11.4. The highest BCUT2D eigenvalue weighted by molar-refractivity contribution is 6.30. The number of Topliss-reactive ketones (excluding diaryl/α,β-unsaturated/α-hetero) is 1. The highest BCUT2D eigenvalue weighted by Gasteiger charge is 2.10. The number of carbonyl (C=O) groups excluding carboxylic acids is 1. The van der Waals surface area contributed by atoms with Crippen molar-refractivity contribution in [3.63, 3.8) is 0 Å². The van der Waals surface area contributed by atoms with Gasteiger partial charge in [-0.25, -0.2) is 9.97 Å². The second-order valence-corrected chi connectivity index (χ2v) is 6.26. The summed E-state index contributed by atoms with van der Waals surface area (Å²) >= 11 is 6.06. The number of hydrogen-bond acceptors (Lipinski definition) is 6. The van der Waals surface area contributed by atoms with E-state index in [-0.39, 0.29) is 5.78 Å². The first-order chi connectivity index (χ1) is 12.4. The van der Waals surface area contributed by atoms with Crippen molar-refractivity contribution in [2.45, 2.75) is 13.8 Å². The summed E-state index contributed by atoms with van der Waals surface area (Å²) < 4.78 is 0. The number of aryl methyl sites for hydroxylation is 1. The Balaban J connectivity index is 1.85. The summed E-state index contributed by atoms with van der Waals surface area (Å²) in [4.78, 5) is 19.8. The van der Waals surface area contributed by atoms with Crippen LogP contribution in [0.1, 0.15) is 22.8 Å². The molecule has 3 rings (SSSR count). The minimum absolute atomic E-state index is 0.0153. The van der Waals surface area contributed by atoms with E-state index in [1.165, 1.54) is 13.3 Å². The van der Waals surface area contributed by atoms with Gasteiger partial charge in [0.05, 0.1) is 0 Å². The number of anilines is 5. The topological polar surface area (TPSA) is 92.9 Å². The van der Waals surface area contributed by atoms with Crippen LogP contribution in [0.25, 0.3) is 0 Å². The third-order valence-corrected chi connectivity index (χ3v) is 4.13. The maximum Gasteiger partial charge on any atom is 0.159 e. The zero-order valence-corrected chi connectivity index (χ0v) is 15.1. The van der Waals surface area contributed by atoms with Crippen LogP contribution in [-0.2, 0) is 0 Å². The second-order valence-electron chi connectivity index (χ2n) is 5.83. The van der Waals surface area contributed by atoms with Crippen LogP contribution in [-0.4, -0.2) is 15.8 Å². The van der Waals surface area contributed by atoms with Crippen molar-refractivity contribution < 1.29 is 4.79 Å². The number of aromatic nitrogens is 2. The van der Waals surface area contributed by atoms with Crippen LogP contribution in [0.4, 0.5) is 28.7 Å². The fourth-order valence-electron chi connectivity index (χ4n) is 2.38. The molecule has 0 amide bonds. The molecule has 0 fully saturated rings. The summed E-state index contributed by atoms with van der Waals surface area (Å²) in [6.07, 6.45) is 1.42. The lowest BCUT2D eigenvalue weighted by molar-refractivity contribution is 0.101. The van der Waals surface area contributed by atoms with E-state index in [2.05, 4.69) is 20.6 Å². The predicted molar refractivity (Wildman–Crippen MR) is 106 cm³/mol. The summed E-state index contributed by atoms with van der Waals surface area (Å²) in [5.74, 6) is 0.965. The molecule has 0 atom stereocenters. The lowest BCUT2D eigenvalue weighted by Gasteiger charge is -2.14. The molecule has 0 saturated carbocycles. The largest absolute Gasteiger partial charge is 0.393 e. The van der Waals surface area contributed by atoms with Gasteiger partial charge in [-0.2, -0.15) is 0 Å². The van der Waals surface area contributed by atoms with E-state index >= 15 is 0 Å². The summed E-state index contributed by atoms with van der Waals surface area (Å²) in [5, 5.41) is 6.94. The van der Waals surface area contributed by atoms with Crippen molar-refractivity contribution in [2.75, 3.05) is 16.4 Å². The Morgan fingerprint density at radius 1 is 1.04 bits per heavy atom. The highest BCUT2D eigenvalue weighted by Crippen LogP contribution is 2.30. The van der Waals surface area contributed by atoms with Gasteiger partial charge in [0, 0.05) is 22.0 Å². The molecular formula is C19H18ClN5O. The Labute approximate surface area is 156 Å². The molecule has 0 aliphatic heterocycles. The van der Waals surface area contributed by atoms with Crippen LogP contribution in [0, 0.1) is 6.92 Å². The van der Waals surface area contributed by atoms with E-state index in [1.807, 2.05) is 25.1 Å². The quantitative estimate of drug-likeness (QED) is 0.565. The van der Waals surface area contributed by atoms with Gasteiger partial charge in [0.2, 0.25) is 0 Å². The van der Waals surface area contributed by atoms with Crippen LogP contribution in [0.2, 0.25) is 5.02 Å². The SMILES string of the molecule is CC(=O)c1ccc(Nc2ncnc(Nc3cc(Cl)ccc3C)c2N)cc1. The average Bonchev–Trinajstić information content (AvgIpc) is 2.62. The molecule has 7 heteroatoms. The number of carbonyl (C=O) groups is 1. The van der Waals surface area contributed by atoms with Gasteiger partial charge in [0.1, 0.15) is 12.0 Å². The zero-order chi connectivity index (χ0) is 18.7. The Kier molecular flexibility index (Phi) is 5.04. The first-order valence-electron chi connectivity index (χ1n) is 7.95. The van der Waals surface area contributed by atoms with E-state index in [0.717, 1.165) is 16.9 Å². The minimum Gasteiger partial charge on any atom is -0.393 e. The number of hydrogen-bond donors (Lipinski definition) is 3. The molecule has 132 valence electrons. The Hall–Kier alpha value is -3.12. The molecule has 3 aromatic rings. The number of nitrogens with one attached hydrogen (secondary N) is 2. The molecule has 26 heavy (non-hydrogen) atoms. The third kappa shape index (κ3) is 3.92. The van der Waals surface area contributed by atoms with Gasteiger partial charge in [-0.05, 0) is 55.8 Å². The normalized spacial score (nSPS) is 10.4. The fraction of sp³-hybridized carbons (Fsp3) is 0.105. The summed E-state index contributed by atoms with van der Waals surface area (Å²) in [5.41, 5.74) is 9.83. The van der Waals surface area contributed by atoms with Crippen LogP contribution in [0.5, 0.6) is 0 Å². The molecule has 0 bridgehead atoms. The van der Waals surface area contributed by atoms with Crippen molar-refractivity contribution in [1.82, 2.24) is 9.97 Å². The number of nitrogens with zero attached hydrogens (tertiary/aromatic N) is 2. The first-order valence-corrected chi connectivity index (χ1v) is 8.33. The number of benzene rings is 2. The van der Waals surface area contributed by atoms with Crippen LogP contribution in [0.15, 0.2) is 48.8 Å². The Bertz CT molecular complexity index is 957. The molecule has 1 heterocycles. The van der Waals surface area contributed by atoms with Crippen molar-refractivity contribution in [2.24, 2.45) is 0 Å². The maximum atomic E-state index is 11.4. The molecule has 0 aliphatic carbocycles. The van der Waals surface area contributed by atoms with E-state index in [4.69, 9.17) is 17.3 Å². The summed E-state index contributed by atoms with van der Waals surface area (Å²) in [6, 6.07) is 12.6. The first kappa shape index (κ1) is 17.7. The monoisotopic (exact) mass is 367 g/mol. The number of nitrogen functional groups attached to an aromatic ring is 1. The molecule has 0 radical (unpaired) electrons. The number of rotatable bonds is 5. The number of halogens is 1. The van der Waals surface area contributed by atoms with Gasteiger partial charge in [-0.1, -0.05) is 17.7 Å². The van der Waals surface area contributed by atoms with Crippen molar-refractivity contribution in [1.29, 1.82) is 0 Å². The number of ketones is 1. The van der Waals surface area contributed by atoms with E-state index in [1.54, 1.807) is 24.3 Å². The van der Waals surface area contributed by atoms with E-state index < -0.39 is 0 Å². The predicted octanol–water partition coefficient (Wildman–Crippen LogP) is 4.71. The Morgan fingerprint density at radius 3 is 2.35 bits per heavy atom.